The molecule has 9 heteroatoms. The SMILES string of the molecule is CCOc1c(C(C)=O)cc(Cl)c(F)c1C(CNC(=O)O)O[Si](C)(C)C(C)(C)C. The summed E-state index contributed by atoms with van der Waals surface area (Å²) in [4.78, 5) is 23.2. The molecule has 0 aliphatic heterocycles. The van der Waals surface area contributed by atoms with Crippen LogP contribution in [-0.4, -0.2) is 38.5 Å². The molecule has 0 aliphatic carbocycles. The number of amides is 1. The second kappa shape index (κ2) is 9.24. The maximum atomic E-state index is 15.1. The number of carbonyl (C=O) groups excluding carboxylic acids is 1. The van der Waals surface area contributed by atoms with Crippen molar-refractivity contribution >= 4 is 31.8 Å². The highest BCUT2D eigenvalue weighted by atomic mass is 35.5. The van der Waals surface area contributed by atoms with Crippen LogP contribution in [-0.2, 0) is 4.43 Å². The number of nitrogens with one attached hydrogen (secondary N) is 1. The van der Waals surface area contributed by atoms with Crippen LogP contribution in [0, 0.1) is 5.82 Å². The van der Waals surface area contributed by atoms with Gasteiger partial charge in [0.25, 0.3) is 0 Å². The van der Waals surface area contributed by atoms with Crippen LogP contribution >= 0.6 is 11.6 Å². The Bertz CT molecular complexity index is 749. The van der Waals surface area contributed by atoms with Gasteiger partial charge < -0.3 is 19.6 Å². The van der Waals surface area contributed by atoms with Gasteiger partial charge in [-0.25, -0.2) is 9.18 Å². The van der Waals surface area contributed by atoms with Crippen molar-refractivity contribution in [3.8, 4) is 5.75 Å². The zero-order valence-corrected chi connectivity index (χ0v) is 19.2. The summed E-state index contributed by atoms with van der Waals surface area (Å²) in [6.07, 6.45) is -2.27. The molecule has 0 fully saturated rings. The number of carboxylic acid groups (broad SMARTS) is 1. The van der Waals surface area contributed by atoms with Crippen molar-refractivity contribution in [2.75, 3.05) is 13.2 Å². The normalized spacial score (nSPS) is 13.2. The summed E-state index contributed by atoms with van der Waals surface area (Å²) >= 11 is 6.04. The summed E-state index contributed by atoms with van der Waals surface area (Å²) in [7, 11) is -2.44. The first-order chi connectivity index (χ1) is 12.7. The van der Waals surface area contributed by atoms with Gasteiger partial charge in [0.1, 0.15) is 5.75 Å². The lowest BCUT2D eigenvalue weighted by molar-refractivity contribution is 0.101. The van der Waals surface area contributed by atoms with Crippen molar-refractivity contribution in [1.29, 1.82) is 0 Å². The molecule has 6 nitrogen and oxygen atoms in total. The molecule has 28 heavy (non-hydrogen) atoms. The predicted octanol–water partition coefficient (Wildman–Crippen LogP) is 5.41. The van der Waals surface area contributed by atoms with Crippen molar-refractivity contribution in [2.24, 2.45) is 0 Å². The fourth-order valence-corrected chi connectivity index (χ4v) is 3.87. The van der Waals surface area contributed by atoms with E-state index in [9.17, 15) is 9.59 Å². The summed E-state index contributed by atoms with van der Waals surface area (Å²) in [6.45, 7) is 13.0. The molecule has 0 spiro atoms. The minimum Gasteiger partial charge on any atom is -0.493 e. The van der Waals surface area contributed by atoms with Crippen LogP contribution in [0.3, 0.4) is 0 Å². The average molecular weight is 434 g/mol. The Morgan fingerprint density at radius 1 is 1.36 bits per heavy atom. The van der Waals surface area contributed by atoms with Gasteiger partial charge in [-0.2, -0.15) is 0 Å². The molecule has 158 valence electrons. The maximum absolute atomic E-state index is 15.1. The van der Waals surface area contributed by atoms with Crippen LogP contribution < -0.4 is 10.1 Å². The fraction of sp³-hybridized carbons (Fsp3) is 0.579. The number of hydrogen-bond donors (Lipinski definition) is 2. The van der Waals surface area contributed by atoms with Gasteiger partial charge in [-0.1, -0.05) is 32.4 Å². The number of carbonyl (C=O) groups is 2. The van der Waals surface area contributed by atoms with E-state index in [-0.39, 0.29) is 45.9 Å². The maximum Gasteiger partial charge on any atom is 0.404 e. The van der Waals surface area contributed by atoms with Crippen LogP contribution in [0.5, 0.6) is 5.75 Å². The molecule has 0 saturated carbocycles. The number of benzene rings is 1. The molecule has 1 rings (SSSR count). The Hall–Kier alpha value is -1.64. The van der Waals surface area contributed by atoms with Crippen LogP contribution in [0.4, 0.5) is 9.18 Å². The van der Waals surface area contributed by atoms with E-state index in [0.717, 1.165) is 0 Å². The van der Waals surface area contributed by atoms with Gasteiger partial charge in [-0.05, 0) is 38.0 Å². The number of halogens is 2. The van der Waals surface area contributed by atoms with E-state index in [4.69, 9.17) is 25.9 Å². The monoisotopic (exact) mass is 433 g/mol. The molecule has 1 aromatic carbocycles. The summed E-state index contributed by atoms with van der Waals surface area (Å²) in [6, 6.07) is 1.22. The molecule has 1 atom stereocenters. The molecule has 0 radical (unpaired) electrons. The zero-order chi connectivity index (χ0) is 21.9. The van der Waals surface area contributed by atoms with Gasteiger partial charge in [0.05, 0.1) is 35.4 Å². The lowest BCUT2D eigenvalue weighted by Gasteiger charge is -2.39. The summed E-state index contributed by atoms with van der Waals surface area (Å²) in [5, 5.41) is 10.8. The van der Waals surface area contributed by atoms with Crippen LogP contribution in [0.15, 0.2) is 6.07 Å². The molecule has 0 aliphatic rings. The zero-order valence-electron chi connectivity index (χ0n) is 17.4. The first-order valence-corrected chi connectivity index (χ1v) is 12.3. The molecule has 0 saturated heterocycles. The van der Waals surface area contributed by atoms with Crippen LogP contribution in [0.25, 0.3) is 0 Å². The smallest absolute Gasteiger partial charge is 0.404 e. The quantitative estimate of drug-likeness (QED) is 0.422. The highest BCUT2D eigenvalue weighted by molar-refractivity contribution is 6.74. The highest BCUT2D eigenvalue weighted by Gasteiger charge is 2.41. The van der Waals surface area contributed by atoms with Gasteiger partial charge in [-0.3, -0.25) is 4.79 Å². The third-order valence-corrected chi connectivity index (χ3v) is 9.64. The van der Waals surface area contributed by atoms with Gasteiger partial charge in [-0.15, -0.1) is 0 Å². The molecule has 0 aromatic heterocycles. The third kappa shape index (κ3) is 5.68. The first-order valence-electron chi connectivity index (χ1n) is 9.03. The lowest BCUT2D eigenvalue weighted by Crippen LogP contribution is -2.44. The van der Waals surface area contributed by atoms with Gasteiger partial charge in [0, 0.05) is 0 Å². The van der Waals surface area contributed by atoms with Crippen molar-refractivity contribution in [1.82, 2.24) is 5.32 Å². The molecule has 0 bridgehead atoms. The Balaban J connectivity index is 3.66. The Morgan fingerprint density at radius 2 is 1.93 bits per heavy atom. The Labute approximate surface area is 171 Å². The third-order valence-electron chi connectivity index (χ3n) is 4.88. The highest BCUT2D eigenvalue weighted by Crippen LogP contribution is 2.43. The van der Waals surface area contributed by atoms with E-state index in [1.165, 1.54) is 13.0 Å². The largest absolute Gasteiger partial charge is 0.493 e. The van der Waals surface area contributed by atoms with Crippen LogP contribution in [0.1, 0.15) is 56.6 Å². The van der Waals surface area contributed by atoms with Gasteiger partial charge >= 0.3 is 6.09 Å². The van der Waals surface area contributed by atoms with E-state index >= 15 is 4.39 Å². The fourth-order valence-electron chi connectivity index (χ4n) is 2.39. The van der Waals surface area contributed by atoms with Crippen LogP contribution in [0.2, 0.25) is 23.2 Å². The van der Waals surface area contributed by atoms with E-state index in [0.29, 0.717) is 0 Å². The topological polar surface area (TPSA) is 84.9 Å². The predicted molar refractivity (Wildman–Crippen MR) is 110 cm³/mol. The van der Waals surface area contributed by atoms with Crippen molar-refractivity contribution in [3.05, 3.63) is 28.0 Å². The average Bonchev–Trinajstić information content (AvgIpc) is 2.54. The number of Topliss-reactive ketones (excluding diaryl/α,β-unsaturated/α-hetero) is 1. The van der Waals surface area contributed by atoms with Gasteiger partial charge in [0.15, 0.2) is 19.9 Å². The second-order valence-corrected chi connectivity index (χ2v) is 13.2. The second-order valence-electron chi connectivity index (χ2n) is 8.00. The molecular formula is C19H29ClFNO5Si. The first kappa shape index (κ1) is 24.4. The molecule has 1 unspecified atom stereocenters. The molecule has 2 N–H and O–H groups in total. The molecule has 0 heterocycles. The van der Waals surface area contributed by atoms with E-state index < -0.39 is 26.3 Å². The Morgan fingerprint density at radius 3 is 2.36 bits per heavy atom. The summed E-state index contributed by atoms with van der Waals surface area (Å²) in [5.41, 5.74) is 0.0838. The molecule has 1 amide bonds. The molecule has 1 aromatic rings. The standard InChI is InChI=1S/C19H29ClFNO5Si/c1-8-26-17-12(11(2)23)9-13(20)16(21)15(17)14(10-22-18(24)25)27-28(6,7)19(3,4)5/h9,14,22H,8,10H2,1-7H3,(H,24,25). The minimum atomic E-state index is -2.44. The summed E-state index contributed by atoms with van der Waals surface area (Å²) in [5.74, 6) is -1.09. The number of ketones is 1. The minimum absolute atomic E-state index is 0.0350. The van der Waals surface area contributed by atoms with Crippen molar-refractivity contribution in [2.45, 2.75) is 58.9 Å². The van der Waals surface area contributed by atoms with Crippen molar-refractivity contribution in [3.63, 3.8) is 0 Å². The number of rotatable bonds is 8. The van der Waals surface area contributed by atoms with Crippen molar-refractivity contribution < 1.29 is 28.2 Å². The molecular weight excluding hydrogens is 405 g/mol. The van der Waals surface area contributed by atoms with E-state index in [1.807, 2.05) is 33.9 Å². The van der Waals surface area contributed by atoms with E-state index in [1.54, 1.807) is 6.92 Å². The Kier molecular flexibility index (Phi) is 8.05. The number of ether oxygens (including phenoxy) is 1. The van der Waals surface area contributed by atoms with E-state index in [2.05, 4.69) is 5.32 Å². The summed E-state index contributed by atoms with van der Waals surface area (Å²) < 4.78 is 27.0. The van der Waals surface area contributed by atoms with Gasteiger partial charge in [0.2, 0.25) is 0 Å². The lowest BCUT2D eigenvalue weighted by atomic mass is 10.0. The number of hydrogen-bond acceptors (Lipinski definition) is 4.